The Morgan fingerprint density at radius 2 is 1.19 bits per heavy atom. The smallest absolute Gasteiger partial charge is 0.208 e. The summed E-state index contributed by atoms with van der Waals surface area (Å²) in [5.41, 5.74) is 0. The van der Waals surface area contributed by atoms with Gasteiger partial charge in [0.25, 0.3) is 0 Å². The Balaban J connectivity index is 2.37. The number of fused-ring (bicyclic) bond motifs is 2. The molecular formula is C12H8O2S2. The second-order valence-corrected chi connectivity index (χ2v) is 6.47. The predicted octanol–water partition coefficient (Wildman–Crippen LogP) is 2.98. The summed E-state index contributed by atoms with van der Waals surface area (Å²) in [4.78, 5) is 2.44. The molecule has 0 saturated carbocycles. The summed E-state index contributed by atoms with van der Waals surface area (Å²) in [5, 5.41) is 0. The summed E-state index contributed by atoms with van der Waals surface area (Å²) < 4.78 is 24.6. The molecule has 2 aromatic carbocycles. The molecule has 0 aromatic heterocycles. The van der Waals surface area contributed by atoms with Crippen molar-refractivity contribution >= 4 is 21.6 Å². The fourth-order valence-electron chi connectivity index (χ4n) is 1.75. The molecule has 2 aromatic rings. The average Bonchev–Trinajstić information content (AvgIpc) is 2.29. The third-order valence-corrected chi connectivity index (χ3v) is 5.78. The molecule has 2 nitrogen and oxygen atoms in total. The summed E-state index contributed by atoms with van der Waals surface area (Å²) in [5.74, 6) is 0. The molecule has 80 valence electrons. The van der Waals surface area contributed by atoms with Crippen LogP contribution in [0.25, 0.3) is 0 Å². The normalized spacial score (nSPS) is 16.2. The lowest BCUT2D eigenvalue weighted by molar-refractivity contribution is 0.591. The number of benzene rings is 2. The second-order valence-electron chi connectivity index (χ2n) is 3.50. The van der Waals surface area contributed by atoms with Crippen molar-refractivity contribution in [2.75, 3.05) is 0 Å². The maximum Gasteiger partial charge on any atom is 0.208 e. The molecule has 0 radical (unpaired) electrons. The lowest BCUT2D eigenvalue weighted by Crippen LogP contribution is -2.08. The zero-order chi connectivity index (χ0) is 11.2. The quantitative estimate of drug-likeness (QED) is 0.613. The van der Waals surface area contributed by atoms with Gasteiger partial charge in [0.05, 0.1) is 9.79 Å². The fraction of sp³-hybridized carbons (Fsp3) is 0. The van der Waals surface area contributed by atoms with E-state index in [0.717, 1.165) is 9.79 Å². The van der Waals surface area contributed by atoms with Crippen LogP contribution in [0.3, 0.4) is 0 Å². The van der Waals surface area contributed by atoms with Gasteiger partial charge in [-0.2, -0.15) is 0 Å². The van der Waals surface area contributed by atoms with Gasteiger partial charge in [-0.15, -0.1) is 0 Å². The van der Waals surface area contributed by atoms with Crippen molar-refractivity contribution in [2.24, 2.45) is 0 Å². The minimum atomic E-state index is -3.32. The second kappa shape index (κ2) is 3.37. The fourth-order valence-corrected chi connectivity index (χ4v) is 4.94. The molecule has 0 unspecified atom stereocenters. The van der Waals surface area contributed by atoms with Gasteiger partial charge in [0.1, 0.15) is 0 Å². The molecule has 0 aliphatic carbocycles. The molecule has 0 atom stereocenters. The van der Waals surface area contributed by atoms with Crippen LogP contribution in [0.2, 0.25) is 0 Å². The van der Waals surface area contributed by atoms with E-state index in [0.29, 0.717) is 9.79 Å². The number of rotatable bonds is 0. The number of sulfone groups is 1. The number of hydrogen-bond acceptors (Lipinski definition) is 3. The van der Waals surface area contributed by atoms with Crippen molar-refractivity contribution in [3.8, 4) is 0 Å². The van der Waals surface area contributed by atoms with E-state index in [1.54, 1.807) is 24.3 Å². The minimum absolute atomic E-state index is 0.415. The van der Waals surface area contributed by atoms with Crippen molar-refractivity contribution in [3.05, 3.63) is 48.5 Å². The standard InChI is InChI=1S/C12H8O2S2/c13-16(14)11-7-3-1-5-9(11)15-10-6-2-4-8-12(10)16/h1-8H. The summed E-state index contributed by atoms with van der Waals surface area (Å²) in [6.45, 7) is 0. The summed E-state index contributed by atoms with van der Waals surface area (Å²) >= 11 is 1.51. The van der Waals surface area contributed by atoms with E-state index in [2.05, 4.69) is 0 Å². The molecule has 1 aliphatic heterocycles. The van der Waals surface area contributed by atoms with Gasteiger partial charge in [0.2, 0.25) is 9.84 Å². The third-order valence-electron chi connectivity index (χ3n) is 2.50. The average molecular weight is 248 g/mol. The van der Waals surface area contributed by atoms with Crippen molar-refractivity contribution < 1.29 is 8.42 Å². The van der Waals surface area contributed by atoms with E-state index in [1.807, 2.05) is 24.3 Å². The third kappa shape index (κ3) is 1.30. The highest BCUT2D eigenvalue weighted by Gasteiger charge is 2.28. The molecule has 1 heterocycles. The Hall–Kier alpha value is -1.26. The molecule has 0 spiro atoms. The van der Waals surface area contributed by atoms with Crippen LogP contribution < -0.4 is 0 Å². The van der Waals surface area contributed by atoms with E-state index in [1.165, 1.54) is 11.8 Å². The SMILES string of the molecule is O=S1(=O)c2ccccc2Sc2ccccc21. The van der Waals surface area contributed by atoms with E-state index in [4.69, 9.17) is 0 Å². The Bertz CT molecular complexity index is 609. The first-order chi connectivity index (χ1) is 7.69. The lowest BCUT2D eigenvalue weighted by Gasteiger charge is -2.18. The van der Waals surface area contributed by atoms with Crippen LogP contribution in [0, 0.1) is 0 Å². The van der Waals surface area contributed by atoms with Gasteiger partial charge in [-0.05, 0) is 24.3 Å². The van der Waals surface area contributed by atoms with Gasteiger partial charge >= 0.3 is 0 Å². The number of hydrogen-bond donors (Lipinski definition) is 0. The first kappa shape index (κ1) is 9.93. The molecule has 4 heteroatoms. The van der Waals surface area contributed by atoms with Gasteiger partial charge in [-0.3, -0.25) is 0 Å². The molecule has 16 heavy (non-hydrogen) atoms. The van der Waals surface area contributed by atoms with Crippen LogP contribution in [-0.4, -0.2) is 8.42 Å². The largest absolute Gasteiger partial charge is 0.218 e. The van der Waals surface area contributed by atoms with Crippen molar-refractivity contribution in [2.45, 2.75) is 19.6 Å². The van der Waals surface area contributed by atoms with E-state index >= 15 is 0 Å². The van der Waals surface area contributed by atoms with Crippen molar-refractivity contribution in [3.63, 3.8) is 0 Å². The summed E-state index contributed by atoms with van der Waals surface area (Å²) in [6, 6.07) is 14.2. The molecule has 0 N–H and O–H groups in total. The first-order valence-corrected chi connectivity index (χ1v) is 7.10. The van der Waals surface area contributed by atoms with Gasteiger partial charge in [-0.1, -0.05) is 36.0 Å². The molecule has 3 rings (SSSR count). The maximum atomic E-state index is 12.3. The highest BCUT2D eigenvalue weighted by atomic mass is 32.2. The minimum Gasteiger partial charge on any atom is -0.218 e. The van der Waals surface area contributed by atoms with Crippen molar-refractivity contribution in [1.82, 2.24) is 0 Å². The zero-order valence-electron chi connectivity index (χ0n) is 8.25. The Morgan fingerprint density at radius 3 is 1.69 bits per heavy atom. The van der Waals surface area contributed by atoms with E-state index in [9.17, 15) is 8.42 Å². The molecule has 0 bridgehead atoms. The van der Waals surface area contributed by atoms with E-state index in [-0.39, 0.29) is 0 Å². The van der Waals surface area contributed by atoms with Gasteiger partial charge in [0.15, 0.2) is 0 Å². The zero-order valence-corrected chi connectivity index (χ0v) is 9.88. The molecule has 0 fully saturated rings. The molecule has 1 aliphatic rings. The van der Waals surface area contributed by atoms with Gasteiger partial charge in [-0.25, -0.2) is 8.42 Å². The molecular weight excluding hydrogens is 240 g/mol. The summed E-state index contributed by atoms with van der Waals surface area (Å²) in [6.07, 6.45) is 0. The topological polar surface area (TPSA) is 34.1 Å². The van der Waals surface area contributed by atoms with Gasteiger partial charge < -0.3 is 0 Å². The van der Waals surface area contributed by atoms with Crippen LogP contribution in [0.15, 0.2) is 68.1 Å². The van der Waals surface area contributed by atoms with E-state index < -0.39 is 9.84 Å². The predicted molar refractivity (Wildman–Crippen MR) is 62.5 cm³/mol. The van der Waals surface area contributed by atoms with Gasteiger partial charge in [0, 0.05) is 9.79 Å². The Labute approximate surface area is 98.2 Å². The lowest BCUT2D eigenvalue weighted by atomic mass is 10.3. The van der Waals surface area contributed by atoms with Crippen LogP contribution >= 0.6 is 11.8 Å². The highest BCUT2D eigenvalue weighted by Crippen LogP contribution is 2.43. The van der Waals surface area contributed by atoms with Crippen LogP contribution in [0.1, 0.15) is 0 Å². The summed E-state index contributed by atoms with van der Waals surface area (Å²) in [7, 11) is -3.32. The van der Waals surface area contributed by atoms with Crippen LogP contribution in [0.5, 0.6) is 0 Å². The maximum absolute atomic E-state index is 12.3. The monoisotopic (exact) mass is 248 g/mol. The first-order valence-electron chi connectivity index (χ1n) is 4.80. The van der Waals surface area contributed by atoms with Crippen LogP contribution in [-0.2, 0) is 9.84 Å². The Kier molecular flexibility index (Phi) is 2.09. The molecule has 0 amide bonds. The highest BCUT2D eigenvalue weighted by molar-refractivity contribution is 8.02. The Morgan fingerprint density at radius 1 is 0.750 bits per heavy atom. The molecule has 0 saturated heterocycles. The van der Waals surface area contributed by atoms with Crippen LogP contribution in [0.4, 0.5) is 0 Å². The van der Waals surface area contributed by atoms with Crippen molar-refractivity contribution in [1.29, 1.82) is 0 Å².